The number of benzene rings is 1. The van der Waals surface area contributed by atoms with Crippen molar-refractivity contribution < 1.29 is 14.6 Å². The van der Waals surface area contributed by atoms with Crippen LogP contribution in [-0.2, 0) is 30.0 Å². The molecule has 1 aromatic carbocycles. The second-order valence-corrected chi connectivity index (χ2v) is 11.2. The van der Waals surface area contributed by atoms with Crippen molar-refractivity contribution in [3.63, 3.8) is 0 Å². The summed E-state index contributed by atoms with van der Waals surface area (Å²) in [5.41, 5.74) is 8.19. The number of likely N-dealkylation sites (tertiary alicyclic amines) is 1. The quantitative estimate of drug-likeness (QED) is 0.398. The van der Waals surface area contributed by atoms with Gasteiger partial charge in [-0.25, -0.2) is 19.7 Å². The Balaban J connectivity index is 1.08. The smallest absolute Gasteiger partial charge is 0.328 e. The molecule has 5 heterocycles. The Morgan fingerprint density at radius 1 is 1.15 bits per heavy atom. The van der Waals surface area contributed by atoms with Gasteiger partial charge in [-0.3, -0.25) is 13.9 Å². The molecule has 0 radical (unpaired) electrons. The molecule has 2 atom stereocenters. The first-order valence-corrected chi connectivity index (χ1v) is 13.3. The lowest BCUT2D eigenvalue weighted by Gasteiger charge is -2.51. The van der Waals surface area contributed by atoms with E-state index in [1.165, 1.54) is 6.33 Å². The molecule has 0 bridgehead atoms. The molecular weight excluding hydrogens is 500 g/mol. The van der Waals surface area contributed by atoms with E-state index >= 15 is 0 Å². The molecule has 12 nitrogen and oxygen atoms in total. The molecule has 2 aliphatic rings. The van der Waals surface area contributed by atoms with Crippen LogP contribution in [0.3, 0.4) is 0 Å². The zero-order valence-electron chi connectivity index (χ0n) is 22.5. The van der Waals surface area contributed by atoms with Crippen molar-refractivity contribution in [1.29, 1.82) is 0 Å². The van der Waals surface area contributed by atoms with Crippen LogP contribution >= 0.6 is 0 Å². The third kappa shape index (κ3) is 4.27. The van der Waals surface area contributed by atoms with E-state index in [0.717, 1.165) is 16.6 Å². The molecular formula is C27H34N8O4. The molecule has 2 fully saturated rings. The van der Waals surface area contributed by atoms with Gasteiger partial charge in [-0.15, -0.1) is 0 Å². The van der Waals surface area contributed by atoms with Gasteiger partial charge in [-0.1, -0.05) is 6.07 Å². The molecule has 39 heavy (non-hydrogen) atoms. The van der Waals surface area contributed by atoms with E-state index in [2.05, 4.69) is 15.0 Å². The van der Waals surface area contributed by atoms with Crippen LogP contribution in [0.4, 0.5) is 5.82 Å². The lowest BCUT2D eigenvalue weighted by atomic mass is 9.75. The number of amides is 1. The van der Waals surface area contributed by atoms with Gasteiger partial charge in [0.05, 0.1) is 41.2 Å². The van der Waals surface area contributed by atoms with Crippen LogP contribution in [-0.4, -0.2) is 75.5 Å². The number of nitrogens with zero attached hydrogens (tertiary/aromatic N) is 7. The number of ether oxygens (including phenoxy) is 1. The van der Waals surface area contributed by atoms with E-state index in [-0.39, 0.29) is 17.6 Å². The number of nitrogen functional groups attached to an aromatic ring is 1. The Labute approximate surface area is 225 Å². The molecule has 2 saturated heterocycles. The van der Waals surface area contributed by atoms with E-state index in [9.17, 15) is 14.7 Å². The summed E-state index contributed by atoms with van der Waals surface area (Å²) in [4.78, 5) is 39.8. The van der Waals surface area contributed by atoms with Gasteiger partial charge in [0.1, 0.15) is 11.8 Å². The number of aryl methyl sites for hydroxylation is 3. The minimum atomic E-state index is -1.06. The highest BCUT2D eigenvalue weighted by Gasteiger charge is 2.50. The van der Waals surface area contributed by atoms with Crippen molar-refractivity contribution in [2.24, 2.45) is 14.1 Å². The van der Waals surface area contributed by atoms with Crippen LogP contribution in [0.25, 0.3) is 22.2 Å². The molecule has 206 valence electrons. The lowest BCUT2D eigenvalue weighted by molar-refractivity contribution is -0.196. The first kappa shape index (κ1) is 25.5. The average Bonchev–Trinajstić information content (AvgIpc) is 3.43. The number of aliphatic hydroxyl groups is 1. The molecule has 6 rings (SSSR count). The zero-order valence-corrected chi connectivity index (χ0v) is 22.5. The van der Waals surface area contributed by atoms with Crippen LogP contribution < -0.4 is 11.4 Å². The summed E-state index contributed by atoms with van der Waals surface area (Å²) in [6.07, 6.45) is 5.82. The average molecular weight is 535 g/mol. The van der Waals surface area contributed by atoms with Gasteiger partial charge in [-0.2, -0.15) is 0 Å². The maximum atomic E-state index is 13.1. The summed E-state index contributed by atoms with van der Waals surface area (Å²) in [7, 11) is 3.52. The topological polar surface area (TPSA) is 146 Å². The number of carbonyl (C=O) groups is 1. The first-order chi connectivity index (χ1) is 18.6. The zero-order chi connectivity index (χ0) is 27.5. The highest BCUT2D eigenvalue weighted by atomic mass is 16.5. The predicted molar refractivity (Wildman–Crippen MR) is 145 cm³/mol. The first-order valence-electron chi connectivity index (χ1n) is 13.3. The molecule has 1 spiro atoms. The van der Waals surface area contributed by atoms with Crippen LogP contribution in [0.15, 0.2) is 35.6 Å². The van der Waals surface area contributed by atoms with Gasteiger partial charge < -0.3 is 25.0 Å². The molecule has 3 N–H and O–H groups in total. The fraction of sp³-hybridized carbons (Fsp3) is 0.519. The second kappa shape index (κ2) is 9.16. The van der Waals surface area contributed by atoms with Crippen LogP contribution in [0.1, 0.15) is 44.2 Å². The normalized spacial score (nSPS) is 23.2. The summed E-state index contributed by atoms with van der Waals surface area (Å²) < 4.78 is 11.5. The predicted octanol–water partition coefficient (Wildman–Crippen LogP) is 1.31. The highest BCUT2D eigenvalue weighted by Crippen LogP contribution is 2.44. The number of anilines is 1. The van der Waals surface area contributed by atoms with E-state index in [1.54, 1.807) is 29.6 Å². The number of rotatable bonds is 4. The Morgan fingerprint density at radius 3 is 2.64 bits per heavy atom. The summed E-state index contributed by atoms with van der Waals surface area (Å²) in [5, 5.41) is 11.5. The van der Waals surface area contributed by atoms with Gasteiger partial charge in [0.15, 0.2) is 11.5 Å². The monoisotopic (exact) mass is 534 g/mol. The molecule has 3 aromatic heterocycles. The van der Waals surface area contributed by atoms with Gasteiger partial charge in [0.2, 0.25) is 5.91 Å². The summed E-state index contributed by atoms with van der Waals surface area (Å²) >= 11 is 0. The van der Waals surface area contributed by atoms with Crippen LogP contribution in [0.2, 0.25) is 0 Å². The van der Waals surface area contributed by atoms with E-state index < -0.39 is 11.2 Å². The summed E-state index contributed by atoms with van der Waals surface area (Å²) in [6.45, 7) is 3.31. The number of piperidine rings is 1. The van der Waals surface area contributed by atoms with Gasteiger partial charge >= 0.3 is 5.69 Å². The summed E-state index contributed by atoms with van der Waals surface area (Å²) in [6, 6.07) is 5.55. The number of carbonyl (C=O) groups excluding carboxylic acids is 1. The van der Waals surface area contributed by atoms with E-state index in [1.807, 2.05) is 34.6 Å². The number of hydrogen-bond acceptors (Lipinski definition) is 8. The molecule has 1 amide bonds. The Kier molecular flexibility index (Phi) is 5.99. The molecule has 4 aromatic rings. The fourth-order valence-corrected chi connectivity index (χ4v) is 6.34. The molecule has 0 saturated carbocycles. The van der Waals surface area contributed by atoms with E-state index in [4.69, 9.17) is 10.5 Å². The lowest BCUT2D eigenvalue weighted by Crippen LogP contribution is -2.58. The van der Waals surface area contributed by atoms with Crippen molar-refractivity contribution in [2.45, 2.75) is 56.3 Å². The van der Waals surface area contributed by atoms with E-state index in [0.29, 0.717) is 68.8 Å². The molecule has 0 aliphatic carbocycles. The van der Waals surface area contributed by atoms with Gasteiger partial charge in [0, 0.05) is 40.0 Å². The van der Waals surface area contributed by atoms with Crippen LogP contribution in [0, 0.1) is 0 Å². The second-order valence-electron chi connectivity index (χ2n) is 11.2. The standard InChI is InChI=1S/C27H34N8O4/c1-26(38)14-27(39-13-20(26)35-16-31-22-23(28)29-15-30-24(22)35)8-10-34(11-9-27)21(36)7-5-17-4-6-18-19(12-17)33(3)25(37)32(18)2/h4,6,12,15-16,20,38H,5,7-11,13-14H2,1-3H3,(H2,28,29,30)/t20-,26-/m1/s1. The fourth-order valence-electron chi connectivity index (χ4n) is 6.34. The number of aromatic nitrogens is 6. The van der Waals surface area contributed by atoms with Crippen molar-refractivity contribution >= 4 is 33.9 Å². The maximum absolute atomic E-state index is 13.1. The molecule has 0 unspecified atom stereocenters. The number of fused-ring (bicyclic) bond motifs is 2. The molecule has 2 aliphatic heterocycles. The van der Waals surface area contributed by atoms with Crippen molar-refractivity contribution in [3.8, 4) is 0 Å². The highest BCUT2D eigenvalue weighted by molar-refractivity contribution is 5.81. The maximum Gasteiger partial charge on any atom is 0.328 e. The largest absolute Gasteiger partial charge is 0.388 e. The Hall–Kier alpha value is -3.77. The Morgan fingerprint density at radius 2 is 1.90 bits per heavy atom. The molecule has 12 heteroatoms. The van der Waals surface area contributed by atoms with Gasteiger partial charge in [-0.05, 0) is 43.9 Å². The summed E-state index contributed by atoms with van der Waals surface area (Å²) in [5.74, 6) is 0.407. The third-order valence-electron chi connectivity index (χ3n) is 8.66. The van der Waals surface area contributed by atoms with Crippen molar-refractivity contribution in [3.05, 3.63) is 46.9 Å². The van der Waals surface area contributed by atoms with Crippen LogP contribution in [0.5, 0.6) is 0 Å². The number of nitrogens with two attached hydrogens (primary N) is 1. The van der Waals surface area contributed by atoms with Crippen molar-refractivity contribution in [1.82, 2.24) is 33.6 Å². The number of hydrogen-bond donors (Lipinski definition) is 2. The SMILES string of the molecule is Cn1c(=O)n(C)c2cc(CCC(=O)N3CCC4(CC3)C[C@@](C)(O)[C@H](n3cnc5c(N)ncnc53)CO4)ccc21. The number of imidazole rings is 2. The Bertz CT molecular complexity index is 1630. The minimum absolute atomic E-state index is 0.0623. The van der Waals surface area contributed by atoms with Crippen molar-refractivity contribution in [2.75, 3.05) is 25.4 Å². The minimum Gasteiger partial charge on any atom is -0.388 e. The van der Waals surface area contributed by atoms with Gasteiger partial charge in [0.25, 0.3) is 0 Å². The third-order valence-corrected chi connectivity index (χ3v) is 8.66.